The number of aromatic nitrogens is 3. The highest BCUT2D eigenvalue weighted by Crippen LogP contribution is 2.35. The number of carbonyl (C=O) groups excluding carboxylic acids is 3. The topological polar surface area (TPSA) is 122 Å². The van der Waals surface area contributed by atoms with Crippen molar-refractivity contribution in [1.82, 2.24) is 29.7 Å². The molecule has 0 spiro atoms. The van der Waals surface area contributed by atoms with Gasteiger partial charge < -0.3 is 24.6 Å². The molecular weight excluding hydrogens is 656 g/mol. The number of nitrogens with one attached hydrogen (secondary N) is 2. The van der Waals surface area contributed by atoms with E-state index in [1.807, 2.05) is 24.4 Å². The maximum Gasteiger partial charge on any atom is 0.328 e. The van der Waals surface area contributed by atoms with E-state index >= 15 is 0 Å². The van der Waals surface area contributed by atoms with Gasteiger partial charge in [0.1, 0.15) is 11.3 Å². The molecule has 2 aromatic carbocycles. The lowest BCUT2D eigenvalue weighted by atomic mass is 10.0. The van der Waals surface area contributed by atoms with Crippen LogP contribution in [0.3, 0.4) is 0 Å². The average Bonchev–Trinajstić information content (AvgIpc) is 3.83. The molecule has 13 heteroatoms. The van der Waals surface area contributed by atoms with Crippen molar-refractivity contribution in [2.24, 2.45) is 0 Å². The smallest absolute Gasteiger partial charge is 0.328 e. The van der Waals surface area contributed by atoms with E-state index in [0.717, 1.165) is 87.4 Å². The minimum Gasteiger partial charge on any atom is -0.371 e. The molecule has 4 amide bonds. The van der Waals surface area contributed by atoms with Gasteiger partial charge >= 0.3 is 6.03 Å². The lowest BCUT2D eigenvalue weighted by Gasteiger charge is -2.44. The number of hydrogen-bond donors (Lipinski definition) is 2. The van der Waals surface area contributed by atoms with Crippen molar-refractivity contribution >= 4 is 57.6 Å². The van der Waals surface area contributed by atoms with Gasteiger partial charge in [-0.05, 0) is 80.3 Å². The van der Waals surface area contributed by atoms with Crippen molar-refractivity contribution in [3.8, 4) is 0 Å². The third-order valence-electron chi connectivity index (χ3n) is 11.3. The second-order valence-corrected chi connectivity index (χ2v) is 14.7. The number of piperazine rings is 1. The summed E-state index contributed by atoms with van der Waals surface area (Å²) < 4.78 is 2.15. The van der Waals surface area contributed by atoms with E-state index < -0.39 is 0 Å². The number of urea groups is 1. The Hall–Kier alpha value is -5.17. The van der Waals surface area contributed by atoms with E-state index in [1.54, 1.807) is 23.9 Å². The summed E-state index contributed by atoms with van der Waals surface area (Å²) in [6, 6.07) is 19.1. The average molecular weight is 705 g/mol. The van der Waals surface area contributed by atoms with E-state index in [1.165, 1.54) is 24.2 Å². The van der Waals surface area contributed by atoms with Crippen molar-refractivity contribution in [1.29, 1.82) is 0 Å². The summed E-state index contributed by atoms with van der Waals surface area (Å²) in [6.45, 7) is 6.52. The molecule has 2 aromatic heterocycles. The van der Waals surface area contributed by atoms with Crippen LogP contribution in [0.4, 0.5) is 33.5 Å². The highest BCUT2D eigenvalue weighted by Gasteiger charge is 2.29. The Labute approximate surface area is 304 Å². The van der Waals surface area contributed by atoms with Crippen LogP contribution >= 0.6 is 0 Å². The summed E-state index contributed by atoms with van der Waals surface area (Å²) in [6.07, 6.45) is 8.87. The number of rotatable bonds is 8. The molecule has 2 N–H and O–H groups in total. The van der Waals surface area contributed by atoms with Gasteiger partial charge in [-0.1, -0.05) is 12.8 Å². The third kappa shape index (κ3) is 6.89. The predicted molar refractivity (Wildman–Crippen MR) is 204 cm³/mol. The number of amides is 4. The van der Waals surface area contributed by atoms with Crippen molar-refractivity contribution in [2.45, 2.75) is 57.0 Å². The molecule has 0 radical (unpaired) electrons. The van der Waals surface area contributed by atoms with Gasteiger partial charge in [0.05, 0.1) is 0 Å². The number of piperidine rings is 1. The second-order valence-electron chi connectivity index (χ2n) is 14.7. The Morgan fingerprint density at radius 2 is 1.42 bits per heavy atom. The molecule has 3 saturated heterocycles. The van der Waals surface area contributed by atoms with Gasteiger partial charge in [-0.3, -0.25) is 24.7 Å². The quantitative estimate of drug-likeness (QED) is 0.254. The first-order chi connectivity index (χ1) is 25.3. The van der Waals surface area contributed by atoms with Crippen LogP contribution in [0.25, 0.3) is 11.0 Å². The standard InChI is InChI=1S/C39H48N10O3/c1-44(2)37(51)34-25-27-26-40-38(43-36(27)49(34)33-5-3-4-6-33)41-28-7-9-29(10-8-28)46-21-23-47(24-22-46)31-15-18-45(19-16-31)30-11-13-32(14-12-30)48-20-17-35(50)42-39(48)52/h7-14,25-26,31,33H,3-6,15-24H2,1-2H3,(H,40,41,43)(H,42,50,52). The van der Waals surface area contributed by atoms with Crippen LogP contribution in [-0.4, -0.2) is 108 Å². The van der Waals surface area contributed by atoms with Gasteiger partial charge in [-0.2, -0.15) is 4.98 Å². The molecule has 0 unspecified atom stereocenters. The molecule has 272 valence electrons. The summed E-state index contributed by atoms with van der Waals surface area (Å²) in [5.74, 6) is 0.308. The Morgan fingerprint density at radius 3 is 2.08 bits per heavy atom. The maximum absolute atomic E-state index is 13.1. The largest absolute Gasteiger partial charge is 0.371 e. The SMILES string of the molecule is CN(C)C(=O)c1cc2cnc(Nc3ccc(N4CCN(C5CCN(c6ccc(N7CCC(=O)NC7=O)cc6)CC5)CC4)cc3)nc2n1C1CCCC1. The van der Waals surface area contributed by atoms with Crippen LogP contribution in [0.5, 0.6) is 0 Å². The highest BCUT2D eigenvalue weighted by molar-refractivity contribution is 6.05. The van der Waals surface area contributed by atoms with E-state index in [2.05, 4.69) is 71.3 Å². The molecule has 0 atom stereocenters. The Kier molecular flexibility index (Phi) is 9.43. The Bertz CT molecular complexity index is 1920. The Morgan fingerprint density at radius 1 is 0.788 bits per heavy atom. The van der Waals surface area contributed by atoms with Crippen molar-refractivity contribution < 1.29 is 14.4 Å². The second kappa shape index (κ2) is 14.5. The minimum atomic E-state index is -0.348. The van der Waals surface area contributed by atoms with Gasteiger partial charge in [0, 0.05) is 113 Å². The van der Waals surface area contributed by atoms with Crippen LogP contribution in [-0.2, 0) is 4.79 Å². The zero-order valence-corrected chi connectivity index (χ0v) is 30.1. The molecule has 13 nitrogen and oxygen atoms in total. The van der Waals surface area contributed by atoms with E-state index in [9.17, 15) is 14.4 Å². The predicted octanol–water partition coefficient (Wildman–Crippen LogP) is 5.23. The summed E-state index contributed by atoms with van der Waals surface area (Å²) in [7, 11) is 3.59. The molecule has 5 heterocycles. The van der Waals surface area contributed by atoms with Gasteiger partial charge in [-0.15, -0.1) is 0 Å². The number of benzene rings is 2. The van der Waals surface area contributed by atoms with E-state index in [0.29, 0.717) is 30.6 Å². The fraction of sp³-hybridized carbons (Fsp3) is 0.462. The van der Waals surface area contributed by atoms with Crippen LogP contribution in [0, 0.1) is 0 Å². The zero-order valence-electron chi connectivity index (χ0n) is 30.1. The van der Waals surface area contributed by atoms with E-state index in [-0.39, 0.29) is 23.9 Å². The molecule has 0 bridgehead atoms. The van der Waals surface area contributed by atoms with Crippen LogP contribution in [0.15, 0.2) is 60.8 Å². The first-order valence-electron chi connectivity index (χ1n) is 18.7. The maximum atomic E-state index is 13.1. The van der Waals surface area contributed by atoms with Gasteiger partial charge in [0.25, 0.3) is 5.91 Å². The molecular formula is C39H48N10O3. The first-order valence-corrected chi connectivity index (χ1v) is 18.7. The number of fused-ring (bicyclic) bond motifs is 1. The first kappa shape index (κ1) is 33.9. The molecule has 52 heavy (non-hydrogen) atoms. The molecule has 1 saturated carbocycles. The number of imide groups is 1. The van der Waals surface area contributed by atoms with Crippen molar-refractivity contribution in [3.63, 3.8) is 0 Å². The monoisotopic (exact) mass is 704 g/mol. The van der Waals surface area contributed by atoms with E-state index in [4.69, 9.17) is 4.98 Å². The summed E-state index contributed by atoms with van der Waals surface area (Å²) in [5, 5.41) is 6.69. The number of nitrogens with zero attached hydrogens (tertiary/aromatic N) is 8. The summed E-state index contributed by atoms with van der Waals surface area (Å²) >= 11 is 0. The minimum absolute atomic E-state index is 0.00677. The van der Waals surface area contributed by atoms with Gasteiger partial charge in [0.2, 0.25) is 11.9 Å². The lowest BCUT2D eigenvalue weighted by Crippen LogP contribution is -2.53. The lowest BCUT2D eigenvalue weighted by molar-refractivity contribution is -0.120. The number of carbonyl (C=O) groups is 3. The fourth-order valence-electron chi connectivity index (χ4n) is 8.37. The van der Waals surface area contributed by atoms with Crippen LogP contribution in [0.1, 0.15) is 61.5 Å². The molecule has 8 rings (SSSR count). The van der Waals surface area contributed by atoms with Gasteiger partial charge in [-0.25, -0.2) is 9.78 Å². The number of hydrogen-bond acceptors (Lipinski definition) is 9. The molecule has 1 aliphatic carbocycles. The fourth-order valence-corrected chi connectivity index (χ4v) is 8.37. The van der Waals surface area contributed by atoms with Crippen molar-refractivity contribution in [2.75, 3.05) is 79.9 Å². The van der Waals surface area contributed by atoms with Crippen molar-refractivity contribution in [3.05, 3.63) is 66.5 Å². The van der Waals surface area contributed by atoms with Gasteiger partial charge in [0.15, 0.2) is 0 Å². The summed E-state index contributed by atoms with van der Waals surface area (Å²) in [4.78, 5) is 57.1. The molecule has 4 fully saturated rings. The molecule has 4 aliphatic rings. The normalized spacial score (nSPS) is 19.4. The highest BCUT2D eigenvalue weighted by atomic mass is 16.2. The number of anilines is 5. The third-order valence-corrected chi connectivity index (χ3v) is 11.3. The molecule has 4 aromatic rings. The molecule has 3 aliphatic heterocycles. The van der Waals surface area contributed by atoms with Crippen LogP contribution in [0.2, 0.25) is 0 Å². The zero-order chi connectivity index (χ0) is 35.8. The Balaban J connectivity index is 0.839. The van der Waals surface area contributed by atoms with Crippen LogP contribution < -0.4 is 25.3 Å². The summed E-state index contributed by atoms with van der Waals surface area (Å²) in [5.41, 5.74) is 5.64.